The van der Waals surface area contributed by atoms with Gasteiger partial charge >= 0.3 is 5.97 Å². The summed E-state index contributed by atoms with van der Waals surface area (Å²) in [5, 5.41) is 10.7. The molecule has 0 aromatic heterocycles. The SMILES string of the molecule is COc1ccc(CN2C(=O)[C@H](C)[C@@H]3OC(=O)[C@@]32[C@@H](O)C(C)C)cc1. The molecule has 2 aliphatic rings. The number of carbonyl (C=O) groups excluding carboxylic acids is 2. The number of esters is 1. The molecule has 4 atom stereocenters. The highest BCUT2D eigenvalue weighted by molar-refractivity contribution is 5.99. The molecule has 1 N–H and O–H groups in total. The number of ether oxygens (including phenoxy) is 2. The summed E-state index contributed by atoms with van der Waals surface area (Å²) in [5.41, 5.74) is -0.406. The van der Waals surface area contributed by atoms with Gasteiger partial charge in [0, 0.05) is 6.54 Å². The lowest BCUT2D eigenvalue weighted by atomic mass is 9.75. The molecule has 2 aliphatic heterocycles. The third kappa shape index (κ3) is 2.13. The first-order valence-electron chi connectivity index (χ1n) is 8.17. The predicted octanol–water partition coefficient (Wildman–Crippen LogP) is 1.35. The number of amides is 1. The van der Waals surface area contributed by atoms with Crippen LogP contribution in [0.2, 0.25) is 0 Å². The van der Waals surface area contributed by atoms with Gasteiger partial charge < -0.3 is 19.5 Å². The Hall–Kier alpha value is -2.08. The van der Waals surface area contributed by atoms with E-state index in [1.165, 1.54) is 4.90 Å². The van der Waals surface area contributed by atoms with Crippen LogP contribution in [0.1, 0.15) is 26.3 Å². The third-order valence-corrected chi connectivity index (χ3v) is 5.13. The van der Waals surface area contributed by atoms with E-state index in [1.807, 2.05) is 26.0 Å². The second-order valence-corrected chi connectivity index (χ2v) is 6.90. The Morgan fingerprint density at radius 2 is 1.92 bits per heavy atom. The fourth-order valence-corrected chi connectivity index (χ4v) is 3.74. The quantitative estimate of drug-likeness (QED) is 0.823. The average molecular weight is 333 g/mol. The van der Waals surface area contributed by atoms with Crippen molar-refractivity contribution in [1.29, 1.82) is 0 Å². The van der Waals surface area contributed by atoms with Crippen LogP contribution in [-0.2, 0) is 20.9 Å². The zero-order chi connectivity index (χ0) is 17.6. The summed E-state index contributed by atoms with van der Waals surface area (Å²) in [6.07, 6.45) is -1.55. The molecule has 1 aromatic rings. The molecule has 130 valence electrons. The van der Waals surface area contributed by atoms with Crippen molar-refractivity contribution in [1.82, 2.24) is 4.90 Å². The topological polar surface area (TPSA) is 76.1 Å². The molecular weight excluding hydrogens is 310 g/mol. The number of carbonyl (C=O) groups is 2. The van der Waals surface area contributed by atoms with Crippen molar-refractivity contribution in [2.45, 2.75) is 45.1 Å². The molecule has 6 heteroatoms. The lowest BCUT2D eigenvalue weighted by Gasteiger charge is -2.50. The van der Waals surface area contributed by atoms with Crippen LogP contribution in [-0.4, -0.2) is 46.7 Å². The Morgan fingerprint density at radius 1 is 1.29 bits per heavy atom. The summed E-state index contributed by atoms with van der Waals surface area (Å²) in [5.74, 6) is -0.579. The minimum Gasteiger partial charge on any atom is -0.497 e. The van der Waals surface area contributed by atoms with Crippen LogP contribution in [0.5, 0.6) is 5.75 Å². The first-order chi connectivity index (χ1) is 11.3. The lowest BCUT2D eigenvalue weighted by molar-refractivity contribution is -0.223. The third-order valence-electron chi connectivity index (χ3n) is 5.13. The minimum atomic E-state index is -1.27. The highest BCUT2D eigenvalue weighted by atomic mass is 16.6. The van der Waals surface area contributed by atoms with Crippen molar-refractivity contribution >= 4 is 11.9 Å². The van der Waals surface area contributed by atoms with Crippen molar-refractivity contribution < 1.29 is 24.2 Å². The van der Waals surface area contributed by atoms with Crippen molar-refractivity contribution in [3.8, 4) is 5.75 Å². The van der Waals surface area contributed by atoms with Gasteiger partial charge in [0.05, 0.1) is 19.1 Å². The summed E-state index contributed by atoms with van der Waals surface area (Å²) in [6, 6.07) is 7.32. The molecule has 24 heavy (non-hydrogen) atoms. The average Bonchev–Trinajstić information content (AvgIpc) is 2.73. The fourth-order valence-electron chi connectivity index (χ4n) is 3.74. The normalized spacial score (nSPS) is 30.0. The van der Waals surface area contributed by atoms with Gasteiger partial charge in [0.2, 0.25) is 11.4 Å². The van der Waals surface area contributed by atoms with E-state index in [0.29, 0.717) is 0 Å². The molecule has 0 saturated carbocycles. The number of aliphatic hydroxyl groups is 1. The zero-order valence-corrected chi connectivity index (χ0v) is 14.4. The number of fused-ring (bicyclic) bond motifs is 1. The Bertz CT molecular complexity index is 656. The molecule has 2 heterocycles. The van der Waals surface area contributed by atoms with Gasteiger partial charge in [-0.05, 0) is 30.5 Å². The van der Waals surface area contributed by atoms with Crippen LogP contribution < -0.4 is 4.74 Å². The van der Waals surface area contributed by atoms with E-state index >= 15 is 0 Å². The second-order valence-electron chi connectivity index (χ2n) is 6.90. The van der Waals surface area contributed by atoms with Gasteiger partial charge in [-0.3, -0.25) is 4.79 Å². The molecule has 0 bridgehead atoms. The van der Waals surface area contributed by atoms with Crippen LogP contribution in [0.3, 0.4) is 0 Å². The Labute approximate surface area is 141 Å². The Balaban J connectivity index is 1.96. The number of likely N-dealkylation sites (tertiary alicyclic amines) is 1. The smallest absolute Gasteiger partial charge is 0.339 e. The Kier molecular flexibility index (Phi) is 4.03. The largest absolute Gasteiger partial charge is 0.497 e. The van der Waals surface area contributed by atoms with E-state index < -0.39 is 29.6 Å². The first-order valence-corrected chi connectivity index (χ1v) is 8.17. The van der Waals surface area contributed by atoms with E-state index in [2.05, 4.69) is 0 Å². The van der Waals surface area contributed by atoms with Gasteiger partial charge in [0.25, 0.3) is 0 Å². The molecule has 3 rings (SSSR count). The van der Waals surface area contributed by atoms with Gasteiger partial charge in [-0.1, -0.05) is 26.0 Å². The van der Waals surface area contributed by atoms with E-state index in [1.54, 1.807) is 26.2 Å². The summed E-state index contributed by atoms with van der Waals surface area (Å²) in [6.45, 7) is 5.67. The molecular formula is C18H23NO5. The number of methoxy groups -OCH3 is 1. The number of hydrogen-bond acceptors (Lipinski definition) is 5. The van der Waals surface area contributed by atoms with Crippen molar-refractivity contribution in [3.05, 3.63) is 29.8 Å². The molecule has 0 aliphatic carbocycles. The molecule has 6 nitrogen and oxygen atoms in total. The van der Waals surface area contributed by atoms with Crippen LogP contribution in [0.15, 0.2) is 24.3 Å². The lowest BCUT2D eigenvalue weighted by Crippen LogP contribution is -2.74. The summed E-state index contributed by atoms with van der Waals surface area (Å²) < 4.78 is 10.4. The number of aliphatic hydroxyl groups excluding tert-OH is 1. The highest BCUT2D eigenvalue weighted by Crippen LogP contribution is 2.49. The zero-order valence-electron chi connectivity index (χ0n) is 14.4. The standard InChI is InChI=1S/C18H23NO5/c1-10(2)14(20)18-15(24-17(18)22)11(3)16(21)19(18)9-12-5-7-13(23-4)8-6-12/h5-8,10-11,14-15,20H,9H2,1-4H3/t11-,14+,15+,18-/m1/s1. The van der Waals surface area contributed by atoms with Crippen molar-refractivity contribution in [3.63, 3.8) is 0 Å². The van der Waals surface area contributed by atoms with Crippen molar-refractivity contribution in [2.24, 2.45) is 11.8 Å². The van der Waals surface area contributed by atoms with Crippen LogP contribution in [0.25, 0.3) is 0 Å². The van der Waals surface area contributed by atoms with Gasteiger partial charge in [-0.15, -0.1) is 0 Å². The molecule has 1 amide bonds. The van der Waals surface area contributed by atoms with E-state index in [0.717, 1.165) is 11.3 Å². The van der Waals surface area contributed by atoms with Gasteiger partial charge in [-0.2, -0.15) is 0 Å². The molecule has 1 aromatic carbocycles. The molecule has 2 saturated heterocycles. The van der Waals surface area contributed by atoms with Crippen LogP contribution >= 0.6 is 0 Å². The van der Waals surface area contributed by atoms with E-state index in [9.17, 15) is 14.7 Å². The first kappa shape index (κ1) is 16.8. The molecule has 0 unspecified atom stereocenters. The Morgan fingerprint density at radius 3 is 2.42 bits per heavy atom. The summed E-state index contributed by atoms with van der Waals surface area (Å²) >= 11 is 0. The van der Waals surface area contributed by atoms with E-state index in [-0.39, 0.29) is 18.4 Å². The maximum atomic E-state index is 12.7. The monoisotopic (exact) mass is 333 g/mol. The summed E-state index contributed by atoms with van der Waals surface area (Å²) in [7, 11) is 1.59. The maximum Gasteiger partial charge on any atom is 0.339 e. The molecule has 2 fully saturated rings. The van der Waals surface area contributed by atoms with Crippen molar-refractivity contribution in [2.75, 3.05) is 7.11 Å². The maximum absolute atomic E-state index is 12.7. The predicted molar refractivity (Wildman–Crippen MR) is 86.2 cm³/mol. The number of nitrogens with zero attached hydrogens (tertiary/aromatic N) is 1. The van der Waals surface area contributed by atoms with Gasteiger partial charge in [0.1, 0.15) is 11.9 Å². The number of rotatable bonds is 5. The molecule has 0 spiro atoms. The van der Waals surface area contributed by atoms with Crippen LogP contribution in [0, 0.1) is 11.8 Å². The van der Waals surface area contributed by atoms with Crippen LogP contribution in [0.4, 0.5) is 0 Å². The highest BCUT2D eigenvalue weighted by Gasteiger charge is 2.74. The fraction of sp³-hybridized carbons (Fsp3) is 0.556. The minimum absolute atomic E-state index is 0.165. The van der Waals surface area contributed by atoms with E-state index in [4.69, 9.17) is 9.47 Å². The molecule has 0 radical (unpaired) electrons. The summed E-state index contributed by atoms with van der Waals surface area (Å²) in [4.78, 5) is 26.6. The number of benzene rings is 1. The van der Waals surface area contributed by atoms with Gasteiger partial charge in [-0.25, -0.2) is 4.79 Å². The second kappa shape index (κ2) is 5.77. The number of hydrogen-bond donors (Lipinski definition) is 1. The van der Waals surface area contributed by atoms with Gasteiger partial charge in [0.15, 0.2) is 0 Å².